The number of methoxy groups -OCH3 is 1. The van der Waals surface area contributed by atoms with Gasteiger partial charge in [0.25, 0.3) is 0 Å². The second kappa shape index (κ2) is 25.6. The first-order chi connectivity index (χ1) is 35.6. The fourth-order valence-corrected chi connectivity index (χ4v) is 12.2. The van der Waals surface area contributed by atoms with Gasteiger partial charge in [-0.3, -0.25) is 9.59 Å². The summed E-state index contributed by atoms with van der Waals surface area (Å²) < 4.78 is 47.4. The molecule has 3 aliphatic heterocycles. The van der Waals surface area contributed by atoms with E-state index in [2.05, 4.69) is 10.6 Å². The van der Waals surface area contributed by atoms with Crippen molar-refractivity contribution in [1.29, 1.82) is 0 Å². The van der Waals surface area contributed by atoms with E-state index >= 15 is 0 Å². The van der Waals surface area contributed by atoms with Gasteiger partial charge in [0.05, 0.1) is 64.4 Å². The number of fused-ring (bicyclic) bond motifs is 1. The molecule has 0 amide bonds. The van der Waals surface area contributed by atoms with Gasteiger partial charge in [0, 0.05) is 75.3 Å². The molecule has 76 heavy (non-hydrogen) atoms. The topological polar surface area (TPSA) is 252 Å². The van der Waals surface area contributed by atoms with Crippen molar-refractivity contribution in [3.05, 3.63) is 39.1 Å². The molecule has 1 aromatic carbocycles. The van der Waals surface area contributed by atoms with Crippen molar-refractivity contribution in [1.82, 2.24) is 19.7 Å². The van der Waals surface area contributed by atoms with E-state index < -0.39 is 107 Å². The van der Waals surface area contributed by atoms with E-state index in [-0.39, 0.29) is 60.9 Å². The summed E-state index contributed by atoms with van der Waals surface area (Å²) in [6.45, 7) is 20.0. The second-order valence-electron chi connectivity index (χ2n) is 23.4. The van der Waals surface area contributed by atoms with Gasteiger partial charge in [-0.2, -0.15) is 0 Å². The molecular weight excluding hydrogens is 1010 g/mol. The number of nitrogens with one attached hydrogen (secondary N) is 2. The van der Waals surface area contributed by atoms with Crippen molar-refractivity contribution in [2.24, 2.45) is 17.8 Å². The van der Waals surface area contributed by atoms with E-state index in [0.717, 1.165) is 12.8 Å². The van der Waals surface area contributed by atoms with Crippen molar-refractivity contribution in [2.75, 3.05) is 66.4 Å². The normalized spacial score (nSPS) is 38.6. The predicted molar refractivity (Wildman–Crippen MR) is 288 cm³/mol. The number of rotatable bonds is 17. The lowest BCUT2D eigenvalue weighted by molar-refractivity contribution is -0.320. The Balaban J connectivity index is 1.18. The summed E-state index contributed by atoms with van der Waals surface area (Å²) in [6.07, 6.45) is -4.88. The molecule has 0 spiro atoms. The first-order valence-corrected chi connectivity index (χ1v) is 27.7. The summed E-state index contributed by atoms with van der Waals surface area (Å²) in [4.78, 5) is 43.5. The van der Waals surface area contributed by atoms with Crippen LogP contribution in [0.5, 0.6) is 0 Å². The number of cyclic esters (lactones) is 1. The Labute approximate surface area is 453 Å². The van der Waals surface area contributed by atoms with Crippen LogP contribution in [0, 0.1) is 17.8 Å². The Kier molecular flexibility index (Phi) is 20.9. The van der Waals surface area contributed by atoms with Gasteiger partial charge >= 0.3 is 11.9 Å². The third-order valence-electron chi connectivity index (χ3n) is 16.7. The number of hydrogen-bond donors (Lipinski definition) is 7. The van der Waals surface area contributed by atoms with Crippen LogP contribution in [0.4, 0.5) is 5.69 Å². The van der Waals surface area contributed by atoms with Crippen LogP contribution in [0.2, 0.25) is 5.02 Å². The molecule has 3 saturated heterocycles. The molecule has 6 rings (SSSR count). The number of esters is 1. The van der Waals surface area contributed by atoms with E-state index in [1.165, 1.54) is 13.1 Å². The molecule has 21 heteroatoms. The number of likely N-dealkylation sites (N-methyl/N-ethyl adjacent to an activating group) is 2. The number of carbonyl (C=O) groups is 2. The van der Waals surface area contributed by atoms with Gasteiger partial charge in [0.2, 0.25) is 5.43 Å². The summed E-state index contributed by atoms with van der Waals surface area (Å²) in [5, 5.41) is 65.2. The largest absolute Gasteiger partial charge is 0.477 e. The molecule has 4 heterocycles. The van der Waals surface area contributed by atoms with E-state index in [9.17, 15) is 39.9 Å². The molecule has 7 N–H and O–H groups in total. The second-order valence-corrected chi connectivity index (χ2v) is 23.8. The zero-order valence-electron chi connectivity index (χ0n) is 47.3. The first kappa shape index (κ1) is 62.1. The average Bonchev–Trinajstić information content (AvgIpc) is 4.19. The number of nitrogens with zero attached hydrogens (tertiary/aromatic N) is 3. The maximum Gasteiger partial charge on any atom is 0.341 e. The molecule has 1 saturated carbocycles. The molecule has 1 aromatic heterocycles. The van der Waals surface area contributed by atoms with E-state index in [1.807, 2.05) is 70.1 Å². The van der Waals surface area contributed by atoms with Gasteiger partial charge in [-0.1, -0.05) is 32.4 Å². The van der Waals surface area contributed by atoms with Gasteiger partial charge in [-0.15, -0.1) is 0 Å². The number of halogens is 1. The standard InChI is InChI=1S/C55H90ClN5O15/c1-15-42-55(10,69)47(64)33(6)60(13)27-29(2)25-53(8,68)48(76-52-45(63)41(59(11)12)22-30(3)72-52)31(4)46(32(5)51(67)74-42)75-43-26-54(9,70-14)49(34(7)73-43)71-21-20-57-18-19-58-39-23-36-40(24-38(39)56)61(35-16-17-35)28-37(44(36)62)50(65)66/h23-24,28-35,41-43,45-49,52,57-58,63-64,68-69H,15-22,25-27H2,1-14H3,(H,65,66)/t29-,30-,31+,32-,33-,34+,41+,42-,43+,45-,46+,47-,48-,49+,52+,53-,54-,55-/m1/s1. The summed E-state index contributed by atoms with van der Waals surface area (Å²) in [5.74, 6) is -4.01. The minimum Gasteiger partial charge on any atom is -0.477 e. The lowest BCUT2D eigenvalue weighted by Crippen LogP contribution is -2.61. The fourth-order valence-electron chi connectivity index (χ4n) is 12.0. The van der Waals surface area contributed by atoms with Crippen molar-refractivity contribution < 1.29 is 68.3 Å². The number of ether oxygens (including phenoxy) is 7. The van der Waals surface area contributed by atoms with Crippen molar-refractivity contribution >= 4 is 40.1 Å². The Morgan fingerprint density at radius 2 is 1.64 bits per heavy atom. The Morgan fingerprint density at radius 1 is 0.961 bits per heavy atom. The van der Waals surface area contributed by atoms with E-state index in [4.69, 9.17) is 44.8 Å². The molecule has 4 aliphatic rings. The highest BCUT2D eigenvalue weighted by atomic mass is 35.5. The van der Waals surface area contributed by atoms with E-state index in [1.54, 1.807) is 46.9 Å². The summed E-state index contributed by atoms with van der Waals surface area (Å²) >= 11 is 6.67. The highest BCUT2D eigenvalue weighted by Crippen LogP contribution is 2.42. The Bertz CT molecular complexity index is 2340. The number of aliphatic hydroxyl groups is 4. The zero-order valence-corrected chi connectivity index (χ0v) is 48.0. The van der Waals surface area contributed by atoms with Crippen molar-refractivity contribution in [3.8, 4) is 0 Å². The number of aromatic carboxylic acids is 1. The molecule has 1 aliphatic carbocycles. The number of carboxylic acids is 1. The number of carboxylic acid groups (broad SMARTS) is 1. The summed E-state index contributed by atoms with van der Waals surface area (Å²) in [6, 6.07) is 2.58. The molecule has 432 valence electrons. The van der Waals surface area contributed by atoms with Crippen molar-refractivity contribution in [2.45, 2.75) is 204 Å². The minimum atomic E-state index is -1.84. The van der Waals surface area contributed by atoms with Gasteiger partial charge in [-0.25, -0.2) is 4.79 Å². The summed E-state index contributed by atoms with van der Waals surface area (Å²) in [5.41, 5.74) is -4.13. The zero-order chi connectivity index (χ0) is 56.4. The Morgan fingerprint density at radius 3 is 2.26 bits per heavy atom. The lowest BCUT2D eigenvalue weighted by atomic mass is 9.77. The third kappa shape index (κ3) is 14.1. The van der Waals surface area contributed by atoms with Crippen LogP contribution in [0.3, 0.4) is 0 Å². The molecule has 0 bridgehead atoms. The monoisotopic (exact) mass is 1100 g/mol. The molecular formula is C55H90ClN5O15. The predicted octanol–water partition coefficient (Wildman–Crippen LogP) is 4.63. The van der Waals surface area contributed by atoms with Gasteiger partial charge in [0.1, 0.15) is 35.6 Å². The number of pyridine rings is 1. The number of aromatic nitrogens is 1. The molecule has 18 atom stereocenters. The number of benzene rings is 1. The third-order valence-corrected chi connectivity index (χ3v) is 17.0. The van der Waals surface area contributed by atoms with Gasteiger partial charge < -0.3 is 83.7 Å². The highest BCUT2D eigenvalue weighted by molar-refractivity contribution is 6.34. The highest BCUT2D eigenvalue weighted by Gasteiger charge is 2.53. The maximum atomic E-state index is 14.6. The van der Waals surface area contributed by atoms with Crippen LogP contribution < -0.4 is 16.1 Å². The average molecular weight is 1100 g/mol. The van der Waals surface area contributed by atoms with Crippen molar-refractivity contribution in [3.63, 3.8) is 0 Å². The first-order valence-electron chi connectivity index (χ1n) is 27.3. The molecule has 20 nitrogen and oxygen atoms in total. The summed E-state index contributed by atoms with van der Waals surface area (Å²) in [7, 11) is 7.20. The van der Waals surface area contributed by atoms with Crippen LogP contribution in [-0.2, 0) is 38.0 Å². The smallest absolute Gasteiger partial charge is 0.341 e. The quantitative estimate of drug-likeness (QED) is 0.0843. The van der Waals surface area contributed by atoms with Crippen LogP contribution in [0.15, 0.2) is 23.1 Å². The molecule has 0 radical (unpaired) electrons. The van der Waals surface area contributed by atoms with Gasteiger partial charge in [0.15, 0.2) is 12.6 Å². The number of carbonyl (C=O) groups excluding carboxylic acids is 1. The van der Waals surface area contributed by atoms with E-state index in [0.29, 0.717) is 48.8 Å². The minimum absolute atomic E-state index is 0.134. The SMILES string of the molecule is CC[C@H]1OC(=O)[C@H](C)[C@@H](O[C@H]2C[C@@](C)(OC)[C@@H](OCCNCCNc3cc4c(=O)c(C(=O)O)cn(C5CC5)c4cc3Cl)[C@H](C)O2)[C@H](C)[C@@H](O[C@@H]2O[C@H](C)C[C@H](N(C)C)[C@H]2O)[C@](C)(O)C[C@@H](C)CN(C)[C@H](C)[C@@H](O)[C@]1(C)O. The maximum absolute atomic E-state index is 14.6. The fraction of sp³-hybridized carbons (Fsp3) is 0.800. The number of hydrogen-bond acceptors (Lipinski definition) is 18. The van der Waals surface area contributed by atoms with Crippen LogP contribution >= 0.6 is 11.6 Å². The molecule has 4 fully saturated rings. The number of aliphatic hydroxyl groups excluding tert-OH is 2. The lowest BCUT2D eigenvalue weighted by Gasteiger charge is -2.49. The van der Waals surface area contributed by atoms with Crippen LogP contribution in [-0.4, -0.2) is 203 Å². The molecule has 0 unspecified atom stereocenters. The Hall–Kier alpha value is -3.06. The van der Waals surface area contributed by atoms with Crippen LogP contribution in [0.25, 0.3) is 10.9 Å². The number of anilines is 1. The molecule has 2 aromatic rings. The van der Waals surface area contributed by atoms with Gasteiger partial charge in [-0.05, 0) is 120 Å². The van der Waals surface area contributed by atoms with Crippen LogP contribution in [0.1, 0.15) is 124 Å².